The van der Waals surface area contributed by atoms with Gasteiger partial charge in [-0.05, 0) is 43.1 Å². The van der Waals surface area contributed by atoms with E-state index in [1.807, 2.05) is 6.07 Å². The van der Waals surface area contributed by atoms with Crippen molar-refractivity contribution in [2.45, 2.75) is 52.1 Å². The third kappa shape index (κ3) is 3.89. The molecule has 0 radical (unpaired) electrons. The first-order valence-corrected chi connectivity index (χ1v) is 8.07. The zero-order chi connectivity index (χ0) is 15.2. The minimum Gasteiger partial charge on any atom is -0.453 e. The highest BCUT2D eigenvalue weighted by Gasteiger charge is 2.18. The molecule has 1 atom stereocenters. The molecular formula is C16H24ClN3O. The zero-order valence-corrected chi connectivity index (χ0v) is 13.7. The molecule has 2 aromatic heterocycles. The van der Waals surface area contributed by atoms with E-state index in [2.05, 4.69) is 43.0 Å². The van der Waals surface area contributed by atoms with Gasteiger partial charge in [-0.2, -0.15) is 5.10 Å². The summed E-state index contributed by atoms with van der Waals surface area (Å²) in [5.74, 6) is 0. The van der Waals surface area contributed by atoms with Gasteiger partial charge in [-0.25, -0.2) is 0 Å². The van der Waals surface area contributed by atoms with Gasteiger partial charge in [0.1, 0.15) is 0 Å². The maximum Gasteiger partial charge on any atom is 0.197 e. The molecule has 21 heavy (non-hydrogen) atoms. The molecule has 0 aromatic carbocycles. The first-order valence-electron chi connectivity index (χ1n) is 7.69. The number of hydrogen-bond acceptors (Lipinski definition) is 3. The van der Waals surface area contributed by atoms with E-state index in [1.54, 1.807) is 6.26 Å². The molecule has 0 aliphatic heterocycles. The van der Waals surface area contributed by atoms with Crippen LogP contribution in [0.1, 0.15) is 57.0 Å². The standard InChI is InChI=1S/C16H24ClN3O/c1-4-13(5-2)20-9-7-12(19-20)11-15(18-6-3)14-8-10-21-16(14)17/h7-10,13,15,18H,4-6,11H2,1-3H3. The Balaban J connectivity index is 2.12. The van der Waals surface area contributed by atoms with Crippen LogP contribution in [0.15, 0.2) is 29.0 Å². The van der Waals surface area contributed by atoms with Crippen LogP contribution in [0.3, 0.4) is 0 Å². The number of nitrogens with zero attached hydrogens (tertiary/aromatic N) is 2. The van der Waals surface area contributed by atoms with Gasteiger partial charge in [-0.15, -0.1) is 0 Å². The molecule has 1 N–H and O–H groups in total. The second-order valence-corrected chi connectivity index (χ2v) is 5.56. The summed E-state index contributed by atoms with van der Waals surface area (Å²) in [4.78, 5) is 0. The first-order chi connectivity index (χ1) is 10.2. The summed E-state index contributed by atoms with van der Waals surface area (Å²) in [5.41, 5.74) is 2.07. The third-order valence-electron chi connectivity index (χ3n) is 3.87. The Kier molecular flexibility index (Phi) is 5.88. The molecule has 2 aromatic rings. The molecule has 0 bridgehead atoms. The fraction of sp³-hybridized carbons (Fsp3) is 0.562. The van der Waals surface area contributed by atoms with Crippen LogP contribution in [0, 0.1) is 0 Å². The quantitative estimate of drug-likeness (QED) is 0.786. The molecule has 0 fully saturated rings. The van der Waals surface area contributed by atoms with Crippen LogP contribution in [0.25, 0.3) is 0 Å². The molecular weight excluding hydrogens is 286 g/mol. The van der Waals surface area contributed by atoms with Crippen molar-refractivity contribution < 1.29 is 4.42 Å². The molecule has 0 amide bonds. The van der Waals surface area contributed by atoms with Gasteiger partial charge in [-0.3, -0.25) is 4.68 Å². The number of rotatable bonds is 8. The molecule has 0 aliphatic rings. The molecule has 0 spiro atoms. The summed E-state index contributed by atoms with van der Waals surface area (Å²) in [6.45, 7) is 7.35. The van der Waals surface area contributed by atoms with Crippen molar-refractivity contribution >= 4 is 11.6 Å². The van der Waals surface area contributed by atoms with Crippen molar-refractivity contribution in [2.24, 2.45) is 0 Å². The lowest BCUT2D eigenvalue weighted by molar-refractivity contribution is 0.422. The SMILES string of the molecule is CCNC(Cc1ccn(C(CC)CC)n1)c1ccoc1Cl. The Bertz CT molecular complexity index is 545. The van der Waals surface area contributed by atoms with E-state index >= 15 is 0 Å². The Hall–Kier alpha value is -1.26. The van der Waals surface area contributed by atoms with Crippen LogP contribution >= 0.6 is 11.6 Å². The number of halogens is 1. The van der Waals surface area contributed by atoms with E-state index < -0.39 is 0 Å². The number of likely N-dealkylation sites (N-methyl/N-ethyl adjacent to an activating group) is 1. The highest BCUT2D eigenvalue weighted by molar-refractivity contribution is 6.29. The fourth-order valence-corrected chi connectivity index (χ4v) is 2.90. The van der Waals surface area contributed by atoms with Gasteiger partial charge in [0.15, 0.2) is 5.22 Å². The average Bonchev–Trinajstić information content (AvgIpc) is 3.09. The van der Waals surface area contributed by atoms with Crippen molar-refractivity contribution in [2.75, 3.05) is 6.54 Å². The van der Waals surface area contributed by atoms with Gasteiger partial charge in [0, 0.05) is 24.2 Å². The lowest BCUT2D eigenvalue weighted by atomic mass is 10.1. The predicted octanol–water partition coefficient (Wildman–Crippen LogP) is 4.38. The Labute approximate surface area is 131 Å². The van der Waals surface area contributed by atoms with E-state index in [4.69, 9.17) is 21.1 Å². The molecule has 4 nitrogen and oxygen atoms in total. The second-order valence-electron chi connectivity index (χ2n) is 5.22. The molecule has 0 aliphatic carbocycles. The van der Waals surface area contributed by atoms with E-state index in [0.29, 0.717) is 11.3 Å². The molecule has 2 heterocycles. The van der Waals surface area contributed by atoms with Gasteiger partial charge in [0.2, 0.25) is 0 Å². The van der Waals surface area contributed by atoms with Crippen LogP contribution in [0.4, 0.5) is 0 Å². The molecule has 1 unspecified atom stereocenters. The molecule has 116 valence electrons. The van der Waals surface area contributed by atoms with Crippen LogP contribution in [0.5, 0.6) is 0 Å². The molecule has 5 heteroatoms. The fourth-order valence-electron chi connectivity index (χ4n) is 2.65. The summed E-state index contributed by atoms with van der Waals surface area (Å²) in [5, 5.41) is 8.62. The average molecular weight is 310 g/mol. The summed E-state index contributed by atoms with van der Waals surface area (Å²) >= 11 is 6.10. The van der Waals surface area contributed by atoms with Gasteiger partial charge in [-0.1, -0.05) is 20.8 Å². The maximum atomic E-state index is 6.10. The van der Waals surface area contributed by atoms with E-state index in [0.717, 1.165) is 37.1 Å². The number of hydrogen-bond donors (Lipinski definition) is 1. The first kappa shape index (κ1) is 16.1. The van der Waals surface area contributed by atoms with E-state index in [-0.39, 0.29) is 6.04 Å². The van der Waals surface area contributed by atoms with Gasteiger partial charge in [0.25, 0.3) is 0 Å². The van der Waals surface area contributed by atoms with E-state index in [9.17, 15) is 0 Å². The Morgan fingerprint density at radius 1 is 1.29 bits per heavy atom. The van der Waals surface area contributed by atoms with Crippen molar-refractivity contribution in [3.05, 3.63) is 41.1 Å². The molecule has 0 saturated carbocycles. The largest absolute Gasteiger partial charge is 0.453 e. The van der Waals surface area contributed by atoms with Crippen molar-refractivity contribution in [3.8, 4) is 0 Å². The Morgan fingerprint density at radius 3 is 2.62 bits per heavy atom. The van der Waals surface area contributed by atoms with Crippen LogP contribution in [-0.2, 0) is 6.42 Å². The van der Waals surface area contributed by atoms with Gasteiger partial charge >= 0.3 is 0 Å². The number of aromatic nitrogens is 2. The lowest BCUT2D eigenvalue weighted by Gasteiger charge is -2.16. The predicted molar refractivity (Wildman–Crippen MR) is 85.7 cm³/mol. The zero-order valence-electron chi connectivity index (χ0n) is 13.0. The summed E-state index contributed by atoms with van der Waals surface area (Å²) < 4.78 is 7.29. The maximum absolute atomic E-state index is 6.10. The monoisotopic (exact) mass is 309 g/mol. The normalized spacial score (nSPS) is 13.0. The molecule has 2 rings (SSSR count). The summed E-state index contributed by atoms with van der Waals surface area (Å²) in [6, 6.07) is 4.63. The number of nitrogens with one attached hydrogen (secondary N) is 1. The smallest absolute Gasteiger partial charge is 0.197 e. The van der Waals surface area contributed by atoms with E-state index in [1.165, 1.54) is 0 Å². The third-order valence-corrected chi connectivity index (χ3v) is 4.17. The van der Waals surface area contributed by atoms with Crippen molar-refractivity contribution in [1.29, 1.82) is 0 Å². The van der Waals surface area contributed by atoms with Crippen LogP contribution in [0.2, 0.25) is 5.22 Å². The highest BCUT2D eigenvalue weighted by Crippen LogP contribution is 2.26. The topological polar surface area (TPSA) is 43.0 Å². The van der Waals surface area contributed by atoms with Crippen molar-refractivity contribution in [3.63, 3.8) is 0 Å². The van der Waals surface area contributed by atoms with Crippen LogP contribution < -0.4 is 5.32 Å². The van der Waals surface area contributed by atoms with Crippen LogP contribution in [-0.4, -0.2) is 16.3 Å². The lowest BCUT2D eigenvalue weighted by Crippen LogP contribution is -2.23. The van der Waals surface area contributed by atoms with Gasteiger partial charge in [0.05, 0.1) is 18.0 Å². The highest BCUT2D eigenvalue weighted by atomic mass is 35.5. The summed E-state index contributed by atoms with van der Waals surface area (Å²) in [6.07, 6.45) is 6.71. The Morgan fingerprint density at radius 2 is 2.05 bits per heavy atom. The number of furan rings is 1. The van der Waals surface area contributed by atoms with Crippen molar-refractivity contribution in [1.82, 2.24) is 15.1 Å². The second kappa shape index (κ2) is 7.66. The van der Waals surface area contributed by atoms with Gasteiger partial charge < -0.3 is 9.73 Å². The molecule has 0 saturated heterocycles. The summed E-state index contributed by atoms with van der Waals surface area (Å²) in [7, 11) is 0. The minimum atomic E-state index is 0.131. The minimum absolute atomic E-state index is 0.131.